The minimum absolute atomic E-state index is 0.534. The van der Waals surface area contributed by atoms with Crippen LogP contribution >= 0.6 is 0 Å². The van der Waals surface area contributed by atoms with Crippen LogP contribution in [0.5, 0.6) is 11.5 Å². The zero-order valence-electron chi connectivity index (χ0n) is 13.3. The number of hydrogen-bond acceptors (Lipinski definition) is 4. The first kappa shape index (κ1) is 16.1. The average Bonchev–Trinajstić information content (AvgIpc) is 2.91. The summed E-state index contributed by atoms with van der Waals surface area (Å²) in [7, 11) is 3.24. The lowest BCUT2D eigenvalue weighted by Crippen LogP contribution is -2.28. The largest absolute Gasteiger partial charge is 0.497 e. The van der Waals surface area contributed by atoms with Crippen molar-refractivity contribution in [3.8, 4) is 11.5 Å². The minimum atomic E-state index is -0.591. The highest BCUT2D eigenvalue weighted by atomic mass is 16.5. The molecule has 1 fully saturated rings. The van der Waals surface area contributed by atoms with Gasteiger partial charge in [0.05, 0.1) is 20.3 Å². The quantitative estimate of drug-likeness (QED) is 0.811. The summed E-state index contributed by atoms with van der Waals surface area (Å²) in [5, 5.41) is 13.8. The summed E-state index contributed by atoms with van der Waals surface area (Å²) >= 11 is 0. The number of benzene rings is 1. The summed E-state index contributed by atoms with van der Waals surface area (Å²) in [6.45, 7) is 3.83. The van der Waals surface area contributed by atoms with Crippen molar-refractivity contribution in [1.82, 2.24) is 5.32 Å². The molecule has 4 heteroatoms. The molecular formula is C17H27NO3. The monoisotopic (exact) mass is 293 g/mol. The van der Waals surface area contributed by atoms with E-state index in [1.54, 1.807) is 14.2 Å². The van der Waals surface area contributed by atoms with Crippen molar-refractivity contribution in [3.05, 3.63) is 23.8 Å². The van der Waals surface area contributed by atoms with Gasteiger partial charge >= 0.3 is 0 Å². The van der Waals surface area contributed by atoms with Crippen LogP contribution < -0.4 is 14.8 Å². The zero-order chi connectivity index (χ0) is 15.2. The lowest BCUT2D eigenvalue weighted by atomic mass is 9.98. The number of rotatable bonds is 7. The van der Waals surface area contributed by atoms with Gasteiger partial charge in [0, 0.05) is 12.1 Å². The molecule has 0 radical (unpaired) electrons. The van der Waals surface area contributed by atoms with Gasteiger partial charge in [0.15, 0.2) is 0 Å². The molecule has 0 aliphatic heterocycles. The Kier molecular flexibility index (Phi) is 5.88. The standard InChI is InChI=1S/C17H27NO3/c1-12-5-4-6-13(12)10-18-11-16(19)15-9-14(20-2)7-8-17(15)21-3/h7-9,12-13,16,18-19H,4-6,10-11H2,1-3H3. The number of hydrogen-bond donors (Lipinski definition) is 2. The second-order valence-electron chi connectivity index (χ2n) is 5.95. The molecule has 1 aliphatic carbocycles. The molecule has 0 saturated heterocycles. The summed E-state index contributed by atoms with van der Waals surface area (Å²) in [6, 6.07) is 5.50. The molecule has 0 bridgehead atoms. The lowest BCUT2D eigenvalue weighted by molar-refractivity contribution is 0.167. The van der Waals surface area contributed by atoms with Gasteiger partial charge in [0.25, 0.3) is 0 Å². The Hall–Kier alpha value is -1.26. The Morgan fingerprint density at radius 3 is 2.71 bits per heavy atom. The highest BCUT2D eigenvalue weighted by molar-refractivity contribution is 5.41. The van der Waals surface area contributed by atoms with E-state index < -0.39 is 6.10 Å². The van der Waals surface area contributed by atoms with Gasteiger partial charge in [-0.05, 0) is 43.0 Å². The van der Waals surface area contributed by atoms with Crippen LogP contribution in [0.25, 0.3) is 0 Å². The summed E-state index contributed by atoms with van der Waals surface area (Å²) in [5.74, 6) is 2.96. The molecule has 1 saturated carbocycles. The van der Waals surface area contributed by atoms with Gasteiger partial charge < -0.3 is 19.9 Å². The van der Waals surface area contributed by atoms with Crippen molar-refractivity contribution >= 4 is 0 Å². The molecule has 4 nitrogen and oxygen atoms in total. The van der Waals surface area contributed by atoms with E-state index in [2.05, 4.69) is 12.2 Å². The molecule has 2 N–H and O–H groups in total. The molecule has 118 valence electrons. The average molecular weight is 293 g/mol. The van der Waals surface area contributed by atoms with Gasteiger partial charge in [-0.15, -0.1) is 0 Å². The van der Waals surface area contributed by atoms with Gasteiger partial charge in [0.2, 0.25) is 0 Å². The molecule has 1 aliphatic rings. The maximum absolute atomic E-state index is 10.4. The molecule has 0 amide bonds. The normalized spacial score (nSPS) is 23.0. The smallest absolute Gasteiger partial charge is 0.124 e. The Morgan fingerprint density at radius 1 is 1.29 bits per heavy atom. The molecular weight excluding hydrogens is 266 g/mol. The molecule has 1 aromatic rings. The van der Waals surface area contributed by atoms with Crippen LogP contribution in [0.4, 0.5) is 0 Å². The van der Waals surface area contributed by atoms with E-state index in [0.29, 0.717) is 12.3 Å². The van der Waals surface area contributed by atoms with Crippen molar-refractivity contribution < 1.29 is 14.6 Å². The van der Waals surface area contributed by atoms with Crippen LogP contribution in [0.1, 0.15) is 37.9 Å². The molecule has 0 heterocycles. The van der Waals surface area contributed by atoms with Gasteiger partial charge in [-0.1, -0.05) is 19.8 Å². The second kappa shape index (κ2) is 7.66. The Morgan fingerprint density at radius 2 is 2.10 bits per heavy atom. The number of nitrogens with one attached hydrogen (secondary N) is 1. The third kappa shape index (κ3) is 4.11. The Labute approximate surface area is 127 Å². The van der Waals surface area contributed by atoms with E-state index >= 15 is 0 Å². The Balaban J connectivity index is 1.91. The highest BCUT2D eigenvalue weighted by Crippen LogP contribution is 2.31. The predicted octanol–water partition coefficient (Wildman–Crippen LogP) is 2.76. The van der Waals surface area contributed by atoms with Crippen molar-refractivity contribution in [2.45, 2.75) is 32.3 Å². The van der Waals surface area contributed by atoms with Crippen LogP contribution in [0.3, 0.4) is 0 Å². The molecule has 21 heavy (non-hydrogen) atoms. The third-order valence-corrected chi connectivity index (χ3v) is 4.58. The van der Waals surface area contributed by atoms with E-state index in [4.69, 9.17) is 9.47 Å². The van der Waals surface area contributed by atoms with Crippen molar-refractivity contribution in [2.75, 3.05) is 27.3 Å². The fraction of sp³-hybridized carbons (Fsp3) is 0.647. The first-order valence-corrected chi connectivity index (χ1v) is 7.76. The molecule has 3 unspecified atom stereocenters. The van der Waals surface area contributed by atoms with Crippen LogP contribution in [-0.4, -0.2) is 32.4 Å². The summed E-state index contributed by atoms with van der Waals surface area (Å²) in [5.41, 5.74) is 0.767. The summed E-state index contributed by atoms with van der Waals surface area (Å²) < 4.78 is 10.5. The lowest BCUT2D eigenvalue weighted by Gasteiger charge is -2.19. The zero-order valence-corrected chi connectivity index (χ0v) is 13.3. The maximum atomic E-state index is 10.4. The fourth-order valence-electron chi connectivity index (χ4n) is 3.14. The van der Waals surface area contributed by atoms with Gasteiger partial charge in [-0.2, -0.15) is 0 Å². The number of ether oxygens (including phenoxy) is 2. The van der Waals surface area contributed by atoms with E-state index in [0.717, 1.165) is 29.7 Å². The molecule has 0 spiro atoms. The van der Waals surface area contributed by atoms with Crippen LogP contribution in [0.15, 0.2) is 18.2 Å². The number of aliphatic hydroxyl groups excluding tert-OH is 1. The van der Waals surface area contributed by atoms with E-state index in [9.17, 15) is 5.11 Å². The third-order valence-electron chi connectivity index (χ3n) is 4.58. The maximum Gasteiger partial charge on any atom is 0.124 e. The van der Waals surface area contributed by atoms with Crippen LogP contribution in [0, 0.1) is 11.8 Å². The van der Waals surface area contributed by atoms with Crippen LogP contribution in [-0.2, 0) is 0 Å². The second-order valence-corrected chi connectivity index (χ2v) is 5.95. The highest BCUT2D eigenvalue weighted by Gasteiger charge is 2.23. The number of aliphatic hydroxyl groups is 1. The Bertz CT molecular complexity index is 450. The van der Waals surface area contributed by atoms with Crippen molar-refractivity contribution in [1.29, 1.82) is 0 Å². The van der Waals surface area contributed by atoms with E-state index in [1.165, 1.54) is 19.3 Å². The first-order chi connectivity index (χ1) is 10.2. The molecule has 1 aromatic carbocycles. The van der Waals surface area contributed by atoms with E-state index in [-0.39, 0.29) is 0 Å². The summed E-state index contributed by atoms with van der Waals surface area (Å²) in [6.07, 6.45) is 3.37. The van der Waals surface area contributed by atoms with Crippen molar-refractivity contribution in [2.24, 2.45) is 11.8 Å². The fourth-order valence-corrected chi connectivity index (χ4v) is 3.14. The van der Waals surface area contributed by atoms with E-state index in [1.807, 2.05) is 18.2 Å². The number of methoxy groups -OCH3 is 2. The van der Waals surface area contributed by atoms with Crippen LogP contribution in [0.2, 0.25) is 0 Å². The molecule has 3 atom stereocenters. The van der Waals surface area contributed by atoms with Gasteiger partial charge in [0.1, 0.15) is 11.5 Å². The predicted molar refractivity (Wildman–Crippen MR) is 83.9 cm³/mol. The molecule has 2 rings (SSSR count). The topological polar surface area (TPSA) is 50.7 Å². The minimum Gasteiger partial charge on any atom is -0.497 e. The van der Waals surface area contributed by atoms with Gasteiger partial charge in [-0.25, -0.2) is 0 Å². The van der Waals surface area contributed by atoms with Crippen molar-refractivity contribution in [3.63, 3.8) is 0 Å². The molecule has 0 aromatic heterocycles. The summed E-state index contributed by atoms with van der Waals surface area (Å²) in [4.78, 5) is 0. The first-order valence-electron chi connectivity index (χ1n) is 7.76. The van der Waals surface area contributed by atoms with Gasteiger partial charge in [-0.3, -0.25) is 0 Å². The SMILES string of the molecule is COc1ccc(OC)c(C(O)CNCC2CCCC2C)c1.